The maximum atomic E-state index is 15.8. The van der Waals surface area contributed by atoms with Crippen LogP contribution in [0.2, 0.25) is 0 Å². The summed E-state index contributed by atoms with van der Waals surface area (Å²) in [5.41, 5.74) is 1.35. The second kappa shape index (κ2) is 14.8. The minimum Gasteiger partial charge on any atom is -0.453 e. The van der Waals surface area contributed by atoms with Crippen LogP contribution in [0, 0.1) is 11.7 Å². The minimum atomic E-state index is -1.42. The number of halogens is 1. The quantitative estimate of drug-likeness (QED) is 0.335. The maximum absolute atomic E-state index is 15.8. The SMILES string of the molecule is CCc1cccc(-c2c(F)cccc2C(O)(CCCNC(=O)OC)C2CCCN(C(=O)[C@@H]3CCCN3C3CCNCC3)C2)c1. The molecule has 0 aliphatic carbocycles. The molecule has 3 aliphatic rings. The molecule has 0 spiro atoms. The van der Waals surface area contributed by atoms with Crippen LogP contribution in [0.3, 0.4) is 0 Å². The molecule has 3 aliphatic heterocycles. The number of nitrogens with one attached hydrogen (secondary N) is 2. The molecule has 0 radical (unpaired) electrons. The van der Waals surface area contributed by atoms with E-state index in [2.05, 4.69) is 22.5 Å². The van der Waals surface area contributed by atoms with E-state index in [0.29, 0.717) is 49.6 Å². The minimum absolute atomic E-state index is 0.115. The van der Waals surface area contributed by atoms with Crippen molar-refractivity contribution in [2.24, 2.45) is 5.92 Å². The Labute approximate surface area is 261 Å². The number of rotatable bonds is 10. The first-order valence-electron chi connectivity index (χ1n) is 16.5. The van der Waals surface area contributed by atoms with E-state index in [1.807, 2.05) is 35.2 Å². The molecule has 8 nitrogen and oxygen atoms in total. The summed E-state index contributed by atoms with van der Waals surface area (Å²) in [6.45, 7) is 6.40. The highest BCUT2D eigenvalue weighted by Crippen LogP contribution is 2.44. The van der Waals surface area contributed by atoms with Gasteiger partial charge >= 0.3 is 6.09 Å². The zero-order valence-corrected chi connectivity index (χ0v) is 26.3. The Morgan fingerprint density at radius 1 is 1.09 bits per heavy atom. The monoisotopic (exact) mass is 608 g/mol. The number of methoxy groups -OCH3 is 1. The number of aryl methyl sites for hydroxylation is 1. The molecular formula is C35H49FN4O4. The Morgan fingerprint density at radius 2 is 1.86 bits per heavy atom. The molecule has 44 heavy (non-hydrogen) atoms. The fraction of sp³-hybridized carbons (Fsp3) is 0.600. The summed E-state index contributed by atoms with van der Waals surface area (Å²) in [5, 5.41) is 18.9. The van der Waals surface area contributed by atoms with Gasteiger partial charge in [-0.1, -0.05) is 43.3 Å². The zero-order valence-electron chi connectivity index (χ0n) is 26.3. The standard InChI is InChI=1S/C35H49FN4O4/c1-3-25-9-4-10-26(23-25)32-29(12-5-13-30(32)36)35(43,17-8-18-38-34(42)44-2)27-11-6-21-39(24-27)33(41)31-14-7-22-40(31)28-15-19-37-20-16-28/h4-5,9-10,12-13,23,27-28,31,37,43H,3,6-8,11,14-22,24H2,1-2H3,(H,38,42)/t27?,31-,35?/m0/s1. The summed E-state index contributed by atoms with van der Waals surface area (Å²) in [6.07, 6.45) is 6.57. The van der Waals surface area contributed by atoms with Crippen LogP contribution in [-0.4, -0.2) is 85.4 Å². The van der Waals surface area contributed by atoms with Crippen LogP contribution >= 0.6 is 0 Å². The topological polar surface area (TPSA) is 94.1 Å². The van der Waals surface area contributed by atoms with E-state index in [1.165, 1.54) is 13.2 Å². The first-order chi connectivity index (χ1) is 21.4. The lowest BCUT2D eigenvalue weighted by molar-refractivity contribution is -0.142. The summed E-state index contributed by atoms with van der Waals surface area (Å²) in [4.78, 5) is 30.2. The van der Waals surface area contributed by atoms with Gasteiger partial charge in [0.2, 0.25) is 5.91 Å². The van der Waals surface area contributed by atoms with Crippen molar-refractivity contribution in [2.45, 2.75) is 82.4 Å². The van der Waals surface area contributed by atoms with Crippen molar-refractivity contribution in [3.05, 3.63) is 59.4 Å². The highest BCUT2D eigenvalue weighted by molar-refractivity contribution is 5.82. The second-order valence-corrected chi connectivity index (χ2v) is 12.7. The average Bonchev–Trinajstić information content (AvgIpc) is 3.56. The number of ether oxygens (including phenoxy) is 1. The van der Waals surface area contributed by atoms with Gasteiger partial charge in [0.15, 0.2) is 0 Å². The molecule has 5 rings (SSSR count). The Kier molecular flexibility index (Phi) is 10.9. The van der Waals surface area contributed by atoms with E-state index in [0.717, 1.165) is 75.7 Å². The third-order valence-electron chi connectivity index (χ3n) is 10.1. The fourth-order valence-corrected chi connectivity index (χ4v) is 7.71. The number of carbonyl (C=O) groups is 2. The van der Waals surface area contributed by atoms with Gasteiger partial charge in [0.1, 0.15) is 5.82 Å². The Hall–Kier alpha value is -3.01. The predicted molar refractivity (Wildman–Crippen MR) is 170 cm³/mol. The number of nitrogens with zero attached hydrogens (tertiary/aromatic N) is 2. The molecule has 2 amide bonds. The lowest BCUT2D eigenvalue weighted by Gasteiger charge is -2.45. The average molecular weight is 609 g/mol. The number of hydrogen-bond donors (Lipinski definition) is 3. The number of aliphatic hydroxyl groups is 1. The van der Waals surface area contributed by atoms with Crippen molar-refractivity contribution in [3.63, 3.8) is 0 Å². The van der Waals surface area contributed by atoms with E-state index >= 15 is 4.39 Å². The van der Waals surface area contributed by atoms with Gasteiger partial charge in [0.25, 0.3) is 0 Å². The highest BCUT2D eigenvalue weighted by atomic mass is 19.1. The largest absolute Gasteiger partial charge is 0.453 e. The van der Waals surface area contributed by atoms with Crippen molar-refractivity contribution >= 4 is 12.0 Å². The van der Waals surface area contributed by atoms with Crippen LogP contribution in [0.4, 0.5) is 9.18 Å². The first-order valence-corrected chi connectivity index (χ1v) is 16.5. The second-order valence-electron chi connectivity index (χ2n) is 12.7. The molecule has 0 bridgehead atoms. The first kappa shape index (κ1) is 32.4. The summed E-state index contributed by atoms with van der Waals surface area (Å²) < 4.78 is 20.5. The molecule has 0 aromatic heterocycles. The third-order valence-corrected chi connectivity index (χ3v) is 10.1. The molecule has 3 N–H and O–H groups in total. The molecule has 9 heteroatoms. The maximum Gasteiger partial charge on any atom is 0.406 e. The van der Waals surface area contributed by atoms with Gasteiger partial charge in [-0.05, 0) is 100 Å². The molecule has 3 heterocycles. The van der Waals surface area contributed by atoms with Crippen LogP contribution < -0.4 is 10.6 Å². The van der Waals surface area contributed by atoms with E-state index in [-0.39, 0.29) is 23.7 Å². The summed E-state index contributed by atoms with van der Waals surface area (Å²) in [7, 11) is 1.32. The van der Waals surface area contributed by atoms with Crippen molar-refractivity contribution in [1.29, 1.82) is 0 Å². The molecular weight excluding hydrogens is 559 g/mol. The van der Waals surface area contributed by atoms with Crippen LogP contribution in [0.1, 0.15) is 69.4 Å². The zero-order chi connectivity index (χ0) is 31.1. The van der Waals surface area contributed by atoms with Gasteiger partial charge in [-0.25, -0.2) is 9.18 Å². The van der Waals surface area contributed by atoms with Crippen LogP contribution in [-0.2, 0) is 21.6 Å². The fourth-order valence-electron chi connectivity index (χ4n) is 7.71. The normalized spacial score (nSPS) is 22.9. The molecule has 0 saturated carbocycles. The van der Waals surface area contributed by atoms with Crippen LogP contribution in [0.5, 0.6) is 0 Å². The summed E-state index contributed by atoms with van der Waals surface area (Å²) in [6, 6.07) is 13.1. The van der Waals surface area contributed by atoms with E-state index in [4.69, 9.17) is 4.74 Å². The van der Waals surface area contributed by atoms with Gasteiger partial charge in [-0.15, -0.1) is 0 Å². The number of carbonyl (C=O) groups excluding carboxylic acids is 2. The number of hydrogen-bond acceptors (Lipinski definition) is 6. The van der Waals surface area contributed by atoms with Crippen molar-refractivity contribution < 1.29 is 23.8 Å². The number of amides is 2. The van der Waals surface area contributed by atoms with Gasteiger partial charge in [-0.3, -0.25) is 9.69 Å². The lowest BCUT2D eigenvalue weighted by atomic mass is 9.72. The van der Waals surface area contributed by atoms with Gasteiger partial charge in [0, 0.05) is 37.2 Å². The molecule has 3 fully saturated rings. The smallest absolute Gasteiger partial charge is 0.406 e. The summed E-state index contributed by atoms with van der Waals surface area (Å²) >= 11 is 0. The lowest BCUT2D eigenvalue weighted by Crippen LogP contribution is -2.55. The number of piperidine rings is 2. The van der Waals surface area contributed by atoms with Gasteiger partial charge < -0.3 is 25.4 Å². The molecule has 3 atom stereocenters. The highest BCUT2D eigenvalue weighted by Gasteiger charge is 2.45. The van der Waals surface area contributed by atoms with Crippen molar-refractivity contribution in [3.8, 4) is 11.1 Å². The van der Waals surface area contributed by atoms with Crippen LogP contribution in [0.15, 0.2) is 42.5 Å². The Morgan fingerprint density at radius 3 is 2.64 bits per heavy atom. The van der Waals surface area contributed by atoms with Crippen molar-refractivity contribution in [1.82, 2.24) is 20.4 Å². The number of alkyl carbamates (subject to hydrolysis) is 1. The number of benzene rings is 2. The van der Waals surface area contributed by atoms with Gasteiger partial charge in [0.05, 0.1) is 18.8 Å². The van der Waals surface area contributed by atoms with Crippen LogP contribution in [0.25, 0.3) is 11.1 Å². The number of likely N-dealkylation sites (tertiary alicyclic amines) is 2. The molecule has 3 saturated heterocycles. The Balaban J connectivity index is 1.44. The third kappa shape index (κ3) is 7.11. The molecule has 2 aromatic carbocycles. The molecule has 2 aromatic rings. The van der Waals surface area contributed by atoms with E-state index in [9.17, 15) is 14.7 Å². The Bertz CT molecular complexity index is 1290. The van der Waals surface area contributed by atoms with Gasteiger partial charge in [-0.2, -0.15) is 0 Å². The van der Waals surface area contributed by atoms with Crippen molar-refractivity contribution in [2.75, 3.05) is 46.4 Å². The predicted octanol–water partition coefficient (Wildman–Crippen LogP) is 4.83. The molecule has 240 valence electrons. The summed E-state index contributed by atoms with van der Waals surface area (Å²) in [5.74, 6) is -0.508. The van der Waals surface area contributed by atoms with E-state index < -0.39 is 11.7 Å². The molecule has 2 unspecified atom stereocenters. The van der Waals surface area contributed by atoms with E-state index in [1.54, 1.807) is 6.07 Å².